The third kappa shape index (κ3) is 12.4. The first-order valence-corrected chi connectivity index (χ1v) is 12.9. The molecule has 0 fully saturated rings. The summed E-state index contributed by atoms with van der Waals surface area (Å²) in [6, 6.07) is 0. The normalized spacial score (nSPS) is 15.2. The summed E-state index contributed by atoms with van der Waals surface area (Å²) in [6.07, 6.45) is 16.2. The first-order valence-electron chi connectivity index (χ1n) is 11.0. The third-order valence-electron chi connectivity index (χ3n) is 4.84. The Labute approximate surface area is 198 Å². The maximum absolute atomic E-state index is 5.22. The molecule has 1 aliphatic rings. The Morgan fingerprint density at radius 3 is 1.41 bits per heavy atom. The van der Waals surface area contributed by atoms with Gasteiger partial charge in [0.05, 0.1) is 0 Å². The standard InChI is InChI=1S/C14H26NP.C12H22.Ti/c1-11(2)16(12(3)4,13(5)6)15-14-9-7-8-10-14;1-11(2,3)9-7-8-10-12(4,5)6;/h7-9,11-13H,10H2,1-6H3;7-10H,1-6H3;. The van der Waals surface area contributed by atoms with Crippen molar-refractivity contribution in [1.82, 2.24) is 0 Å². The fourth-order valence-electron chi connectivity index (χ4n) is 3.56. The van der Waals surface area contributed by atoms with E-state index in [0.29, 0.717) is 27.8 Å². The smallest absolute Gasteiger partial charge is 0.0425 e. The Morgan fingerprint density at radius 1 is 0.793 bits per heavy atom. The summed E-state index contributed by atoms with van der Waals surface area (Å²) >= 11 is 0. The largest absolute Gasteiger partial charge is 0.271 e. The van der Waals surface area contributed by atoms with Crippen molar-refractivity contribution < 1.29 is 21.7 Å². The van der Waals surface area contributed by atoms with Gasteiger partial charge in [0, 0.05) is 33.8 Å². The molecule has 0 bridgehead atoms. The molecule has 1 nitrogen and oxygen atoms in total. The molecule has 0 aromatic heterocycles. The zero-order valence-corrected chi connectivity index (χ0v) is 23.8. The van der Waals surface area contributed by atoms with Gasteiger partial charge in [0.2, 0.25) is 0 Å². The van der Waals surface area contributed by atoms with Gasteiger partial charge in [0.1, 0.15) is 0 Å². The van der Waals surface area contributed by atoms with Crippen LogP contribution >= 0.6 is 7.05 Å². The monoisotopic (exact) mass is 453 g/mol. The SMILES string of the molecule is CC(C)(C)C=CC=CC(C)(C)C.CC(C)P(=NC1=CC=CC1)(C(C)C)C(C)C.[Ti]. The molecule has 0 aromatic carbocycles. The number of nitrogens with zero attached hydrogens (tertiary/aromatic N) is 1. The van der Waals surface area contributed by atoms with Crippen LogP contribution in [0.1, 0.15) is 89.5 Å². The minimum absolute atomic E-state index is 0. The molecule has 0 N–H and O–H groups in total. The molecule has 0 atom stereocenters. The summed E-state index contributed by atoms with van der Waals surface area (Å²) in [6.45, 7) is 27.3. The second-order valence-electron chi connectivity index (χ2n) is 10.9. The van der Waals surface area contributed by atoms with Crippen molar-refractivity contribution in [2.45, 2.75) is 106 Å². The number of hydrogen-bond donors (Lipinski definition) is 0. The van der Waals surface area contributed by atoms with Gasteiger partial charge < -0.3 is 0 Å². The van der Waals surface area contributed by atoms with Crippen molar-refractivity contribution >= 4 is 7.05 Å². The predicted octanol–water partition coefficient (Wildman–Crippen LogP) is 9.45. The van der Waals surface area contributed by atoms with Gasteiger partial charge in [-0.05, 0) is 40.9 Å². The van der Waals surface area contributed by atoms with Crippen molar-refractivity contribution in [2.24, 2.45) is 15.6 Å². The molecule has 0 heterocycles. The number of hydrogen-bond acceptors (Lipinski definition) is 1. The van der Waals surface area contributed by atoms with Gasteiger partial charge in [-0.2, -0.15) is 0 Å². The van der Waals surface area contributed by atoms with Crippen molar-refractivity contribution in [2.75, 3.05) is 0 Å². The Kier molecular flexibility index (Phi) is 14.3. The molecule has 3 heteroatoms. The van der Waals surface area contributed by atoms with Crippen LogP contribution in [0.2, 0.25) is 0 Å². The van der Waals surface area contributed by atoms with E-state index in [1.54, 1.807) is 0 Å². The summed E-state index contributed by atoms with van der Waals surface area (Å²) in [5.74, 6) is 0. The minimum Gasteiger partial charge on any atom is -0.271 e. The molecule has 0 amide bonds. The van der Waals surface area contributed by atoms with Crippen LogP contribution < -0.4 is 0 Å². The molecule has 0 aliphatic heterocycles. The van der Waals surface area contributed by atoms with E-state index < -0.39 is 7.05 Å². The van der Waals surface area contributed by atoms with Crippen LogP contribution in [0.4, 0.5) is 0 Å². The second-order valence-corrected chi connectivity index (χ2v) is 15.8. The van der Waals surface area contributed by atoms with E-state index in [4.69, 9.17) is 4.74 Å². The molecule has 0 unspecified atom stereocenters. The van der Waals surface area contributed by atoms with Crippen LogP contribution in [-0.2, 0) is 21.7 Å². The minimum atomic E-state index is -1.24. The first kappa shape index (κ1) is 31.1. The van der Waals surface area contributed by atoms with Gasteiger partial charge in [-0.15, -0.1) is 0 Å². The average molecular weight is 454 g/mol. The summed E-state index contributed by atoms with van der Waals surface area (Å²) < 4.78 is 5.22. The van der Waals surface area contributed by atoms with Gasteiger partial charge in [0.25, 0.3) is 0 Å². The van der Waals surface area contributed by atoms with Crippen LogP contribution in [-0.4, -0.2) is 17.0 Å². The molecular formula is C26H48NPTi. The summed E-state index contributed by atoms with van der Waals surface area (Å²) in [4.78, 5) is 0. The van der Waals surface area contributed by atoms with Crippen LogP contribution in [0.15, 0.2) is 53.0 Å². The van der Waals surface area contributed by atoms with Crippen LogP contribution in [0, 0.1) is 10.8 Å². The second kappa shape index (κ2) is 13.3. The van der Waals surface area contributed by atoms with Gasteiger partial charge >= 0.3 is 0 Å². The quantitative estimate of drug-likeness (QED) is 0.223. The molecule has 0 saturated heterocycles. The molecule has 0 radical (unpaired) electrons. The summed E-state index contributed by atoms with van der Waals surface area (Å²) in [5, 5.41) is 0. The molecule has 0 aromatic rings. The molecule has 166 valence electrons. The topological polar surface area (TPSA) is 12.4 Å². The van der Waals surface area contributed by atoms with E-state index in [1.165, 1.54) is 5.70 Å². The van der Waals surface area contributed by atoms with E-state index in [-0.39, 0.29) is 21.7 Å². The van der Waals surface area contributed by atoms with E-state index in [2.05, 4.69) is 126 Å². The fourth-order valence-corrected chi connectivity index (χ4v) is 8.42. The van der Waals surface area contributed by atoms with E-state index >= 15 is 0 Å². The van der Waals surface area contributed by atoms with Crippen molar-refractivity contribution in [1.29, 1.82) is 0 Å². The number of allylic oxidation sites excluding steroid dienone is 7. The van der Waals surface area contributed by atoms with Crippen molar-refractivity contribution in [3.63, 3.8) is 0 Å². The summed E-state index contributed by atoms with van der Waals surface area (Å²) in [5.41, 5.74) is 3.95. The molecule has 0 saturated carbocycles. The molecular weight excluding hydrogens is 405 g/mol. The zero-order valence-electron chi connectivity index (χ0n) is 21.4. The van der Waals surface area contributed by atoms with Gasteiger partial charge in [-0.1, -0.05) is 120 Å². The Morgan fingerprint density at radius 2 is 1.17 bits per heavy atom. The van der Waals surface area contributed by atoms with Crippen molar-refractivity contribution in [3.8, 4) is 0 Å². The molecule has 1 rings (SSSR count). The molecule has 1 aliphatic carbocycles. The fraction of sp³-hybridized carbons (Fsp3) is 0.692. The Balaban J connectivity index is 0. The first-order chi connectivity index (χ1) is 12.6. The van der Waals surface area contributed by atoms with Gasteiger partial charge in [-0.25, -0.2) is 0 Å². The van der Waals surface area contributed by atoms with Gasteiger partial charge in [-0.3, -0.25) is 4.74 Å². The maximum Gasteiger partial charge on any atom is 0.0425 e. The van der Waals surface area contributed by atoms with Crippen molar-refractivity contribution in [3.05, 3.63) is 48.2 Å². The van der Waals surface area contributed by atoms with E-state index in [9.17, 15) is 0 Å². The zero-order chi connectivity index (χ0) is 22.2. The predicted molar refractivity (Wildman–Crippen MR) is 134 cm³/mol. The van der Waals surface area contributed by atoms with Crippen LogP contribution in [0.25, 0.3) is 0 Å². The Bertz CT molecular complexity index is 582. The average Bonchev–Trinajstić information content (AvgIpc) is 3.00. The van der Waals surface area contributed by atoms with Gasteiger partial charge in [0.15, 0.2) is 0 Å². The van der Waals surface area contributed by atoms with E-state index in [0.717, 1.165) is 6.42 Å². The number of rotatable bonds is 5. The third-order valence-corrected chi connectivity index (χ3v) is 10.4. The molecule has 0 spiro atoms. The van der Waals surface area contributed by atoms with Crippen LogP contribution in [0.3, 0.4) is 0 Å². The van der Waals surface area contributed by atoms with E-state index in [1.807, 2.05) is 0 Å². The maximum atomic E-state index is 5.22. The molecule has 29 heavy (non-hydrogen) atoms. The summed E-state index contributed by atoms with van der Waals surface area (Å²) in [7, 11) is -1.24. The van der Waals surface area contributed by atoms with Crippen LogP contribution in [0.5, 0.6) is 0 Å². The Hall–Kier alpha value is -0.0957.